The van der Waals surface area contributed by atoms with Crippen molar-refractivity contribution in [2.75, 3.05) is 20.8 Å². The Morgan fingerprint density at radius 1 is 1.03 bits per heavy atom. The first-order chi connectivity index (χ1) is 14.9. The lowest BCUT2D eigenvalue weighted by molar-refractivity contribution is 0.0528. The molecule has 1 aliphatic heterocycles. The number of benzene rings is 2. The van der Waals surface area contributed by atoms with Gasteiger partial charge in [0.25, 0.3) is 0 Å². The van der Waals surface area contributed by atoms with Crippen LogP contribution in [-0.2, 0) is 17.7 Å². The van der Waals surface area contributed by atoms with Crippen molar-refractivity contribution in [3.8, 4) is 45.4 Å². The van der Waals surface area contributed by atoms with Crippen LogP contribution in [0.1, 0.15) is 28.5 Å². The van der Waals surface area contributed by atoms with Crippen LogP contribution in [0, 0.1) is 6.92 Å². The van der Waals surface area contributed by atoms with Crippen molar-refractivity contribution in [1.82, 2.24) is 4.57 Å². The summed E-state index contributed by atoms with van der Waals surface area (Å²) in [6.45, 7) is 4.58. The van der Waals surface area contributed by atoms with Crippen LogP contribution < -0.4 is 9.47 Å². The van der Waals surface area contributed by atoms with Gasteiger partial charge in [0, 0.05) is 29.4 Å². The number of nitrogens with zero attached hydrogens (tertiary/aromatic N) is 1. The molecule has 4 rings (SSSR count). The average molecular weight is 423 g/mol. The van der Waals surface area contributed by atoms with Gasteiger partial charge in [-0.2, -0.15) is 0 Å². The van der Waals surface area contributed by atoms with Gasteiger partial charge in [0.2, 0.25) is 0 Å². The van der Waals surface area contributed by atoms with Gasteiger partial charge in [-0.05, 0) is 55.7 Å². The lowest BCUT2D eigenvalue weighted by Gasteiger charge is -2.23. The Hall–Kier alpha value is -3.61. The minimum atomic E-state index is -0.459. The van der Waals surface area contributed by atoms with Crippen LogP contribution in [0.2, 0.25) is 0 Å². The van der Waals surface area contributed by atoms with E-state index in [9.17, 15) is 15.0 Å². The van der Waals surface area contributed by atoms with Crippen LogP contribution >= 0.6 is 0 Å². The quantitative estimate of drug-likeness (QED) is 0.595. The molecule has 3 aromatic rings. The molecule has 7 heteroatoms. The topological polar surface area (TPSA) is 90.2 Å². The summed E-state index contributed by atoms with van der Waals surface area (Å²) in [4.78, 5) is 13.2. The molecule has 0 spiro atoms. The second-order valence-electron chi connectivity index (χ2n) is 7.41. The Kier molecular flexibility index (Phi) is 5.27. The summed E-state index contributed by atoms with van der Waals surface area (Å²) < 4.78 is 18.4. The Bertz CT molecular complexity index is 1160. The summed E-state index contributed by atoms with van der Waals surface area (Å²) in [5.41, 5.74) is 5.06. The third-order valence-electron chi connectivity index (χ3n) is 5.66. The Morgan fingerprint density at radius 2 is 1.68 bits per heavy atom. The third kappa shape index (κ3) is 3.36. The second kappa shape index (κ2) is 7.91. The maximum atomic E-state index is 13.2. The zero-order valence-corrected chi connectivity index (χ0v) is 18.0. The number of ether oxygens (including phenoxy) is 3. The van der Waals surface area contributed by atoms with E-state index in [4.69, 9.17) is 14.2 Å². The van der Waals surface area contributed by atoms with Gasteiger partial charge in [-0.25, -0.2) is 4.79 Å². The highest BCUT2D eigenvalue weighted by Gasteiger charge is 2.32. The number of aryl methyl sites for hydroxylation is 1. The molecular weight excluding hydrogens is 398 g/mol. The van der Waals surface area contributed by atoms with Gasteiger partial charge in [0.05, 0.1) is 32.1 Å². The van der Waals surface area contributed by atoms with Gasteiger partial charge < -0.3 is 29.0 Å². The third-order valence-corrected chi connectivity index (χ3v) is 5.66. The summed E-state index contributed by atoms with van der Waals surface area (Å²) in [6, 6.07) is 8.14. The standard InChI is InChI=1S/C24H25NO6/c1-5-31-24(28)22-21(15-8-16(26)11-17(27)9-15)13(2)25-7-6-14-10-19(29-3)20(30-4)12-18(14)23(22)25/h8-12,26-27H,5-7H2,1-4H3. The molecule has 0 aliphatic carbocycles. The molecule has 1 aromatic heterocycles. The Balaban J connectivity index is 2.06. The minimum absolute atomic E-state index is 0.0832. The maximum Gasteiger partial charge on any atom is 0.340 e. The predicted octanol–water partition coefficient (Wildman–Crippen LogP) is 4.29. The lowest BCUT2D eigenvalue weighted by atomic mass is 9.93. The Morgan fingerprint density at radius 3 is 2.29 bits per heavy atom. The van der Waals surface area contributed by atoms with E-state index in [2.05, 4.69) is 4.57 Å². The summed E-state index contributed by atoms with van der Waals surface area (Å²) >= 11 is 0. The van der Waals surface area contributed by atoms with E-state index in [-0.39, 0.29) is 18.1 Å². The van der Waals surface area contributed by atoms with Gasteiger partial charge in [-0.15, -0.1) is 0 Å². The summed E-state index contributed by atoms with van der Waals surface area (Å²) in [7, 11) is 3.17. The number of hydrogen-bond donors (Lipinski definition) is 2. The van der Waals surface area contributed by atoms with E-state index >= 15 is 0 Å². The number of hydrogen-bond acceptors (Lipinski definition) is 6. The van der Waals surface area contributed by atoms with E-state index in [1.807, 2.05) is 19.1 Å². The van der Waals surface area contributed by atoms with Crippen molar-refractivity contribution in [3.05, 3.63) is 47.2 Å². The van der Waals surface area contributed by atoms with Crippen LogP contribution in [-0.4, -0.2) is 41.6 Å². The largest absolute Gasteiger partial charge is 0.508 e. The molecule has 0 unspecified atom stereocenters. The molecule has 31 heavy (non-hydrogen) atoms. The first-order valence-corrected chi connectivity index (χ1v) is 10.1. The van der Waals surface area contributed by atoms with E-state index in [1.54, 1.807) is 21.1 Å². The Labute approximate surface area is 180 Å². The number of carbonyl (C=O) groups excluding carboxylic acids is 1. The van der Waals surface area contributed by atoms with Crippen molar-refractivity contribution in [2.45, 2.75) is 26.8 Å². The summed E-state index contributed by atoms with van der Waals surface area (Å²) in [5, 5.41) is 20.1. The zero-order valence-electron chi connectivity index (χ0n) is 18.0. The molecule has 2 N–H and O–H groups in total. The molecule has 162 valence electrons. The highest BCUT2D eigenvalue weighted by Crippen LogP contribution is 2.46. The van der Waals surface area contributed by atoms with Crippen molar-refractivity contribution in [2.24, 2.45) is 0 Å². The molecule has 0 amide bonds. The lowest BCUT2D eigenvalue weighted by Crippen LogP contribution is -2.15. The van der Waals surface area contributed by atoms with Crippen molar-refractivity contribution >= 4 is 5.97 Å². The summed E-state index contributed by atoms with van der Waals surface area (Å²) in [5.74, 6) is 0.578. The van der Waals surface area contributed by atoms with Gasteiger partial charge in [-0.1, -0.05) is 0 Å². The number of phenolic OH excluding ortho intramolecular Hbond substituents is 2. The monoisotopic (exact) mass is 423 g/mol. The molecule has 0 fully saturated rings. The molecule has 0 saturated carbocycles. The van der Waals surface area contributed by atoms with Crippen molar-refractivity contribution in [1.29, 1.82) is 0 Å². The van der Waals surface area contributed by atoms with Gasteiger partial charge in [0.15, 0.2) is 11.5 Å². The van der Waals surface area contributed by atoms with E-state index < -0.39 is 5.97 Å². The number of phenols is 2. The van der Waals surface area contributed by atoms with Crippen molar-refractivity contribution < 1.29 is 29.2 Å². The molecule has 0 bridgehead atoms. The smallest absolute Gasteiger partial charge is 0.340 e. The number of carbonyl (C=O) groups is 1. The molecular formula is C24H25NO6. The van der Waals surface area contributed by atoms with Crippen LogP contribution in [0.5, 0.6) is 23.0 Å². The van der Waals surface area contributed by atoms with Crippen LogP contribution in [0.4, 0.5) is 0 Å². The SMILES string of the molecule is CCOC(=O)c1c(-c2cc(O)cc(O)c2)c(C)n2c1-c1cc(OC)c(OC)cc1CC2. The minimum Gasteiger partial charge on any atom is -0.508 e. The van der Waals surface area contributed by atoms with Crippen LogP contribution in [0.15, 0.2) is 30.3 Å². The van der Waals surface area contributed by atoms with Crippen LogP contribution in [0.25, 0.3) is 22.4 Å². The fourth-order valence-corrected chi connectivity index (χ4v) is 4.37. The first kappa shape index (κ1) is 20.7. The number of methoxy groups -OCH3 is 2. The fraction of sp³-hybridized carbons (Fsp3) is 0.292. The number of esters is 1. The zero-order chi connectivity index (χ0) is 22.3. The first-order valence-electron chi connectivity index (χ1n) is 10.1. The highest BCUT2D eigenvalue weighted by molar-refractivity contribution is 6.05. The molecule has 0 saturated heterocycles. The molecule has 0 atom stereocenters. The van der Waals surface area contributed by atoms with E-state index in [0.29, 0.717) is 34.7 Å². The molecule has 2 aromatic carbocycles. The van der Waals surface area contributed by atoms with Gasteiger partial charge in [-0.3, -0.25) is 0 Å². The van der Waals surface area contributed by atoms with E-state index in [1.165, 1.54) is 18.2 Å². The average Bonchev–Trinajstić information content (AvgIpc) is 3.05. The normalized spacial score (nSPS) is 12.1. The molecule has 7 nitrogen and oxygen atoms in total. The van der Waals surface area contributed by atoms with Crippen molar-refractivity contribution in [3.63, 3.8) is 0 Å². The van der Waals surface area contributed by atoms with Gasteiger partial charge >= 0.3 is 5.97 Å². The number of fused-ring (bicyclic) bond motifs is 3. The maximum absolute atomic E-state index is 13.2. The number of aromatic hydroxyl groups is 2. The second-order valence-corrected chi connectivity index (χ2v) is 7.41. The number of aromatic nitrogens is 1. The highest BCUT2D eigenvalue weighted by atomic mass is 16.5. The summed E-state index contributed by atoms with van der Waals surface area (Å²) in [6.07, 6.45) is 0.755. The van der Waals surface area contributed by atoms with Gasteiger partial charge in [0.1, 0.15) is 11.5 Å². The fourth-order valence-electron chi connectivity index (χ4n) is 4.37. The molecule has 2 heterocycles. The van der Waals surface area contributed by atoms with E-state index in [0.717, 1.165) is 28.9 Å². The number of rotatable bonds is 5. The predicted molar refractivity (Wildman–Crippen MR) is 116 cm³/mol. The van der Waals surface area contributed by atoms with Crippen LogP contribution in [0.3, 0.4) is 0 Å². The molecule has 0 radical (unpaired) electrons. The molecule has 1 aliphatic rings.